The van der Waals surface area contributed by atoms with Crippen LogP contribution in [0.4, 0.5) is 4.39 Å². The largest absolute Gasteiger partial charge is 0.459 e. The second kappa shape index (κ2) is 5.31. The van der Waals surface area contributed by atoms with Crippen molar-refractivity contribution in [1.82, 2.24) is 5.43 Å². The molecule has 4 heteroatoms. The van der Waals surface area contributed by atoms with Gasteiger partial charge in [0.1, 0.15) is 23.2 Å². The van der Waals surface area contributed by atoms with Crippen LogP contribution in [0.3, 0.4) is 0 Å². The Bertz CT molecular complexity index is 795. The van der Waals surface area contributed by atoms with E-state index in [0.29, 0.717) is 11.3 Å². The average molecular weight is 284 g/mol. The molecule has 0 bridgehead atoms. The van der Waals surface area contributed by atoms with Crippen LogP contribution < -0.4 is 11.3 Å². The number of halogens is 1. The van der Waals surface area contributed by atoms with E-state index in [1.54, 1.807) is 6.07 Å². The van der Waals surface area contributed by atoms with Crippen molar-refractivity contribution >= 4 is 11.0 Å². The van der Waals surface area contributed by atoms with Crippen molar-refractivity contribution in [1.29, 1.82) is 0 Å². The Morgan fingerprint density at radius 2 is 1.90 bits per heavy atom. The maximum atomic E-state index is 13.4. The van der Waals surface area contributed by atoms with Crippen LogP contribution in [-0.2, 0) is 0 Å². The van der Waals surface area contributed by atoms with Gasteiger partial charge >= 0.3 is 0 Å². The zero-order valence-electron chi connectivity index (χ0n) is 12.0. The van der Waals surface area contributed by atoms with Crippen molar-refractivity contribution in [2.24, 2.45) is 5.84 Å². The standard InChI is InChI=1S/C17H17FN2O/c1-10-5-3-4-6-13(10)16(20-19)17-11(2)14-9-12(18)7-8-15(14)21-17/h3-9,16,20H,19H2,1-2H3. The summed E-state index contributed by atoms with van der Waals surface area (Å²) in [6, 6.07) is 12.2. The van der Waals surface area contributed by atoms with Gasteiger partial charge in [0.25, 0.3) is 0 Å². The van der Waals surface area contributed by atoms with Crippen LogP contribution in [0, 0.1) is 19.7 Å². The summed E-state index contributed by atoms with van der Waals surface area (Å²) in [5.41, 5.74) is 6.53. The van der Waals surface area contributed by atoms with Crippen LogP contribution in [0.2, 0.25) is 0 Å². The van der Waals surface area contributed by atoms with E-state index >= 15 is 0 Å². The Morgan fingerprint density at radius 1 is 1.14 bits per heavy atom. The smallest absolute Gasteiger partial charge is 0.134 e. The molecule has 0 aliphatic carbocycles. The van der Waals surface area contributed by atoms with Gasteiger partial charge in [-0.3, -0.25) is 5.84 Å². The fourth-order valence-electron chi connectivity index (χ4n) is 2.70. The van der Waals surface area contributed by atoms with Crippen molar-refractivity contribution in [3.05, 3.63) is 70.7 Å². The molecule has 0 amide bonds. The Labute approximate surface area is 122 Å². The predicted octanol–water partition coefficient (Wildman–Crippen LogP) is 3.74. The fourth-order valence-corrected chi connectivity index (χ4v) is 2.70. The average Bonchev–Trinajstić information content (AvgIpc) is 2.79. The van der Waals surface area contributed by atoms with Gasteiger partial charge in [-0.05, 0) is 43.2 Å². The molecule has 1 unspecified atom stereocenters. The maximum Gasteiger partial charge on any atom is 0.134 e. The van der Waals surface area contributed by atoms with Crippen LogP contribution >= 0.6 is 0 Å². The molecule has 1 aromatic heterocycles. The quantitative estimate of drug-likeness (QED) is 0.569. The number of nitrogens with two attached hydrogens (primary N) is 1. The first-order valence-corrected chi connectivity index (χ1v) is 6.82. The zero-order chi connectivity index (χ0) is 15.0. The van der Waals surface area contributed by atoms with Crippen molar-refractivity contribution in [3.8, 4) is 0 Å². The van der Waals surface area contributed by atoms with Crippen LogP contribution in [-0.4, -0.2) is 0 Å². The van der Waals surface area contributed by atoms with E-state index in [1.165, 1.54) is 12.1 Å². The summed E-state index contributed by atoms with van der Waals surface area (Å²) in [4.78, 5) is 0. The number of hydrogen-bond donors (Lipinski definition) is 2. The second-order valence-electron chi connectivity index (χ2n) is 5.19. The molecule has 0 saturated carbocycles. The molecular weight excluding hydrogens is 267 g/mol. The first kappa shape index (κ1) is 13.8. The van der Waals surface area contributed by atoms with Gasteiger partial charge in [0.15, 0.2) is 0 Å². The van der Waals surface area contributed by atoms with E-state index in [4.69, 9.17) is 10.3 Å². The Morgan fingerprint density at radius 3 is 2.62 bits per heavy atom. The van der Waals surface area contributed by atoms with Gasteiger partial charge in [-0.1, -0.05) is 24.3 Å². The highest BCUT2D eigenvalue weighted by atomic mass is 19.1. The molecule has 3 rings (SSSR count). The van der Waals surface area contributed by atoms with E-state index < -0.39 is 0 Å². The lowest BCUT2D eigenvalue weighted by molar-refractivity contribution is 0.472. The van der Waals surface area contributed by atoms with Crippen molar-refractivity contribution in [2.75, 3.05) is 0 Å². The molecule has 1 heterocycles. The summed E-state index contributed by atoms with van der Waals surface area (Å²) in [5.74, 6) is 6.19. The highest BCUT2D eigenvalue weighted by Gasteiger charge is 2.22. The number of furan rings is 1. The van der Waals surface area contributed by atoms with Crippen LogP contribution in [0.5, 0.6) is 0 Å². The van der Waals surface area contributed by atoms with Crippen LogP contribution in [0.15, 0.2) is 46.9 Å². The first-order valence-electron chi connectivity index (χ1n) is 6.82. The topological polar surface area (TPSA) is 51.2 Å². The van der Waals surface area contributed by atoms with Crippen molar-refractivity contribution in [3.63, 3.8) is 0 Å². The summed E-state index contributed by atoms with van der Waals surface area (Å²) in [6.45, 7) is 3.94. The minimum Gasteiger partial charge on any atom is -0.459 e. The highest BCUT2D eigenvalue weighted by Crippen LogP contribution is 2.33. The number of hydrazine groups is 1. The van der Waals surface area contributed by atoms with Crippen molar-refractivity contribution < 1.29 is 8.81 Å². The van der Waals surface area contributed by atoms with E-state index in [-0.39, 0.29) is 11.9 Å². The lowest BCUT2D eigenvalue weighted by Gasteiger charge is -2.17. The lowest BCUT2D eigenvalue weighted by atomic mass is 9.97. The van der Waals surface area contributed by atoms with Crippen LogP contribution in [0.25, 0.3) is 11.0 Å². The Kier molecular flexibility index (Phi) is 3.49. The predicted molar refractivity (Wildman–Crippen MR) is 81.3 cm³/mol. The Hall–Kier alpha value is -2.17. The number of benzene rings is 2. The normalized spacial score (nSPS) is 12.8. The third-order valence-corrected chi connectivity index (χ3v) is 3.86. The summed E-state index contributed by atoms with van der Waals surface area (Å²) in [6.07, 6.45) is 0. The minimum absolute atomic E-state index is 0.262. The summed E-state index contributed by atoms with van der Waals surface area (Å²) in [5, 5.41) is 0.777. The molecule has 0 aliphatic heterocycles. The maximum absolute atomic E-state index is 13.4. The summed E-state index contributed by atoms with van der Waals surface area (Å²) >= 11 is 0. The van der Waals surface area contributed by atoms with Gasteiger partial charge in [0.2, 0.25) is 0 Å². The lowest BCUT2D eigenvalue weighted by Crippen LogP contribution is -2.29. The van der Waals surface area contributed by atoms with Gasteiger partial charge in [-0.15, -0.1) is 0 Å². The van der Waals surface area contributed by atoms with E-state index in [9.17, 15) is 4.39 Å². The molecule has 0 aliphatic rings. The number of fused-ring (bicyclic) bond motifs is 1. The zero-order valence-corrected chi connectivity index (χ0v) is 12.0. The molecule has 21 heavy (non-hydrogen) atoms. The molecule has 0 spiro atoms. The van der Waals surface area contributed by atoms with E-state index in [2.05, 4.69) is 5.43 Å². The molecule has 0 radical (unpaired) electrons. The summed E-state index contributed by atoms with van der Waals surface area (Å²) < 4.78 is 19.3. The Balaban J connectivity index is 2.18. The summed E-state index contributed by atoms with van der Waals surface area (Å²) in [7, 11) is 0. The number of hydrogen-bond acceptors (Lipinski definition) is 3. The SMILES string of the molecule is Cc1ccccc1C(NN)c1oc2ccc(F)cc2c1C. The molecule has 2 aromatic carbocycles. The van der Waals surface area contributed by atoms with Gasteiger partial charge in [0.05, 0.1) is 0 Å². The fraction of sp³-hybridized carbons (Fsp3) is 0.176. The van der Waals surface area contributed by atoms with Gasteiger partial charge in [0, 0.05) is 10.9 Å². The number of aryl methyl sites for hydroxylation is 2. The number of nitrogens with one attached hydrogen (secondary N) is 1. The minimum atomic E-state index is -0.272. The van der Waals surface area contributed by atoms with E-state index in [0.717, 1.165) is 22.1 Å². The molecule has 3 nitrogen and oxygen atoms in total. The molecular formula is C17H17FN2O. The molecule has 0 fully saturated rings. The molecule has 0 saturated heterocycles. The monoisotopic (exact) mass is 284 g/mol. The second-order valence-corrected chi connectivity index (χ2v) is 5.19. The third kappa shape index (κ3) is 2.33. The molecule has 3 aromatic rings. The van der Waals surface area contributed by atoms with Gasteiger partial charge in [-0.2, -0.15) is 0 Å². The number of rotatable bonds is 3. The van der Waals surface area contributed by atoms with E-state index in [1.807, 2.05) is 38.1 Å². The van der Waals surface area contributed by atoms with Gasteiger partial charge < -0.3 is 4.42 Å². The van der Waals surface area contributed by atoms with Gasteiger partial charge in [-0.25, -0.2) is 9.82 Å². The molecule has 1 atom stereocenters. The molecule has 3 N–H and O–H groups in total. The van der Waals surface area contributed by atoms with Crippen molar-refractivity contribution in [2.45, 2.75) is 19.9 Å². The van der Waals surface area contributed by atoms with Crippen LogP contribution in [0.1, 0.15) is 28.5 Å². The first-order chi connectivity index (χ1) is 10.1. The third-order valence-electron chi connectivity index (χ3n) is 3.86. The molecule has 108 valence electrons. The highest BCUT2D eigenvalue weighted by molar-refractivity contribution is 5.82.